The fourth-order valence-electron chi connectivity index (χ4n) is 2.46. The van der Waals surface area contributed by atoms with Crippen LogP contribution >= 0.6 is 11.3 Å². The molecule has 1 saturated carbocycles. The second kappa shape index (κ2) is 6.89. The van der Waals surface area contributed by atoms with Gasteiger partial charge in [0.25, 0.3) is 0 Å². The average Bonchev–Trinajstić information content (AvgIpc) is 3.02. The SMILES string of the molecule is N#CC1(COc2ccc(-c3ncc(COC(N)=O)s3)cc2)CCC1. The number of nitrogens with zero attached hydrogens (tertiary/aromatic N) is 2. The second-order valence-corrected chi connectivity index (χ2v) is 6.91. The number of hydrogen-bond acceptors (Lipinski definition) is 6. The third-order valence-corrected chi connectivity index (χ3v) is 5.09. The topological polar surface area (TPSA) is 98.2 Å². The molecule has 0 saturated heterocycles. The summed E-state index contributed by atoms with van der Waals surface area (Å²) in [5.74, 6) is 0.745. The minimum absolute atomic E-state index is 0.129. The summed E-state index contributed by atoms with van der Waals surface area (Å²) in [5, 5.41) is 10.0. The first-order valence-corrected chi connectivity index (χ1v) is 8.43. The highest BCUT2D eigenvalue weighted by Gasteiger charge is 2.38. The summed E-state index contributed by atoms with van der Waals surface area (Å²) in [4.78, 5) is 15.8. The predicted octanol–water partition coefficient (Wildman–Crippen LogP) is 3.48. The number of carbonyl (C=O) groups is 1. The van der Waals surface area contributed by atoms with E-state index in [-0.39, 0.29) is 12.0 Å². The van der Waals surface area contributed by atoms with Crippen molar-refractivity contribution in [3.05, 3.63) is 35.3 Å². The van der Waals surface area contributed by atoms with Crippen LogP contribution in [0.2, 0.25) is 0 Å². The van der Waals surface area contributed by atoms with E-state index in [1.54, 1.807) is 6.20 Å². The van der Waals surface area contributed by atoms with Crippen LogP contribution in [-0.4, -0.2) is 17.7 Å². The van der Waals surface area contributed by atoms with Crippen molar-refractivity contribution in [1.82, 2.24) is 4.98 Å². The Balaban J connectivity index is 1.60. The summed E-state index contributed by atoms with van der Waals surface area (Å²) in [6, 6.07) is 9.96. The largest absolute Gasteiger partial charge is 0.492 e. The number of rotatable bonds is 6. The van der Waals surface area contributed by atoms with Gasteiger partial charge in [0.1, 0.15) is 24.0 Å². The Morgan fingerprint density at radius 2 is 2.12 bits per heavy atom. The van der Waals surface area contributed by atoms with E-state index in [1.807, 2.05) is 24.3 Å². The third kappa shape index (κ3) is 3.66. The first-order chi connectivity index (χ1) is 11.6. The predicted molar refractivity (Wildman–Crippen MR) is 89.3 cm³/mol. The molecule has 1 aromatic carbocycles. The van der Waals surface area contributed by atoms with Crippen LogP contribution in [-0.2, 0) is 11.3 Å². The van der Waals surface area contributed by atoms with Crippen LogP contribution in [0.3, 0.4) is 0 Å². The maximum Gasteiger partial charge on any atom is 0.404 e. The van der Waals surface area contributed by atoms with Crippen molar-refractivity contribution in [2.45, 2.75) is 25.9 Å². The molecule has 24 heavy (non-hydrogen) atoms. The number of hydrogen-bond donors (Lipinski definition) is 1. The molecule has 0 aliphatic heterocycles. The molecule has 0 atom stereocenters. The summed E-state index contributed by atoms with van der Waals surface area (Å²) in [7, 11) is 0. The van der Waals surface area contributed by atoms with Gasteiger partial charge in [-0.15, -0.1) is 11.3 Å². The van der Waals surface area contributed by atoms with E-state index in [4.69, 9.17) is 15.2 Å². The molecule has 0 unspecified atom stereocenters. The highest BCUT2D eigenvalue weighted by Crippen LogP contribution is 2.40. The number of amides is 1. The van der Waals surface area contributed by atoms with Crippen molar-refractivity contribution in [3.8, 4) is 22.4 Å². The van der Waals surface area contributed by atoms with Crippen LogP contribution in [0.5, 0.6) is 5.75 Å². The van der Waals surface area contributed by atoms with E-state index in [0.717, 1.165) is 40.5 Å². The van der Waals surface area contributed by atoms with Crippen LogP contribution in [0.15, 0.2) is 30.5 Å². The number of thiazole rings is 1. The number of nitrogens with two attached hydrogens (primary N) is 1. The monoisotopic (exact) mass is 343 g/mol. The van der Waals surface area contributed by atoms with E-state index in [2.05, 4.69) is 11.1 Å². The molecule has 1 amide bonds. The first-order valence-electron chi connectivity index (χ1n) is 7.62. The summed E-state index contributed by atoms with van der Waals surface area (Å²) in [5.41, 5.74) is 5.60. The molecule has 6 nitrogen and oxygen atoms in total. The van der Waals surface area contributed by atoms with Gasteiger partial charge in [-0.2, -0.15) is 5.26 Å². The van der Waals surface area contributed by atoms with Crippen molar-refractivity contribution in [1.29, 1.82) is 5.26 Å². The van der Waals surface area contributed by atoms with Gasteiger partial charge >= 0.3 is 6.09 Å². The summed E-state index contributed by atoms with van der Waals surface area (Å²) in [6.45, 7) is 0.569. The number of carbonyl (C=O) groups excluding carboxylic acids is 1. The van der Waals surface area contributed by atoms with Crippen LogP contribution in [0.25, 0.3) is 10.6 Å². The maximum atomic E-state index is 10.6. The number of ether oxygens (including phenoxy) is 2. The number of nitriles is 1. The lowest BCUT2D eigenvalue weighted by molar-refractivity contribution is 0.115. The van der Waals surface area contributed by atoms with Crippen molar-refractivity contribution >= 4 is 17.4 Å². The average molecular weight is 343 g/mol. The van der Waals surface area contributed by atoms with Gasteiger partial charge in [-0.05, 0) is 37.1 Å². The van der Waals surface area contributed by atoms with Gasteiger partial charge < -0.3 is 15.2 Å². The zero-order chi connectivity index (χ0) is 17.0. The van der Waals surface area contributed by atoms with Gasteiger partial charge in [-0.1, -0.05) is 6.42 Å². The fraction of sp³-hybridized carbons (Fsp3) is 0.353. The van der Waals surface area contributed by atoms with Crippen molar-refractivity contribution in [2.75, 3.05) is 6.61 Å². The minimum Gasteiger partial charge on any atom is -0.492 e. The Bertz CT molecular complexity index is 760. The zero-order valence-corrected chi connectivity index (χ0v) is 13.8. The van der Waals surface area contributed by atoms with Crippen molar-refractivity contribution in [3.63, 3.8) is 0 Å². The molecule has 1 aliphatic carbocycles. The third-order valence-electron chi connectivity index (χ3n) is 4.07. The first kappa shape index (κ1) is 16.3. The molecule has 3 rings (SSSR count). The molecule has 0 radical (unpaired) electrons. The minimum atomic E-state index is -0.798. The van der Waals surface area contributed by atoms with Gasteiger partial charge in [-0.3, -0.25) is 0 Å². The highest BCUT2D eigenvalue weighted by atomic mass is 32.1. The van der Waals surface area contributed by atoms with Gasteiger partial charge in [-0.25, -0.2) is 9.78 Å². The Morgan fingerprint density at radius 3 is 2.71 bits per heavy atom. The maximum absolute atomic E-state index is 10.6. The van der Waals surface area contributed by atoms with E-state index in [0.29, 0.717) is 6.61 Å². The lowest BCUT2D eigenvalue weighted by Crippen LogP contribution is -2.34. The number of benzene rings is 1. The second-order valence-electron chi connectivity index (χ2n) is 5.80. The molecule has 1 aliphatic rings. The molecule has 1 fully saturated rings. The Labute approximate surface area is 143 Å². The molecule has 1 aromatic heterocycles. The summed E-state index contributed by atoms with van der Waals surface area (Å²) >= 11 is 1.44. The smallest absolute Gasteiger partial charge is 0.404 e. The molecular weight excluding hydrogens is 326 g/mol. The van der Waals surface area contributed by atoms with Gasteiger partial charge in [0, 0.05) is 11.8 Å². The lowest BCUT2D eigenvalue weighted by Gasteiger charge is -2.34. The quantitative estimate of drug-likeness (QED) is 0.866. The van der Waals surface area contributed by atoms with Crippen molar-refractivity contribution < 1.29 is 14.3 Å². The zero-order valence-electron chi connectivity index (χ0n) is 13.0. The van der Waals surface area contributed by atoms with Crippen LogP contribution in [0.1, 0.15) is 24.1 Å². The van der Waals surface area contributed by atoms with Crippen LogP contribution in [0.4, 0.5) is 4.79 Å². The van der Waals surface area contributed by atoms with Gasteiger partial charge in [0.15, 0.2) is 0 Å². The van der Waals surface area contributed by atoms with E-state index in [9.17, 15) is 10.1 Å². The molecule has 0 spiro atoms. The van der Waals surface area contributed by atoms with E-state index in [1.165, 1.54) is 11.3 Å². The number of primary amides is 1. The normalized spacial score (nSPS) is 15.1. The summed E-state index contributed by atoms with van der Waals surface area (Å²) < 4.78 is 10.5. The molecule has 2 N–H and O–H groups in total. The molecule has 124 valence electrons. The Hall–Kier alpha value is -2.59. The Morgan fingerprint density at radius 1 is 1.38 bits per heavy atom. The summed E-state index contributed by atoms with van der Waals surface area (Å²) in [6.07, 6.45) is 3.80. The van der Waals surface area contributed by atoms with Crippen LogP contribution < -0.4 is 10.5 Å². The van der Waals surface area contributed by atoms with Gasteiger partial charge in [0.05, 0.1) is 16.4 Å². The lowest BCUT2D eigenvalue weighted by atomic mass is 9.71. The number of aromatic nitrogens is 1. The fourth-order valence-corrected chi connectivity index (χ4v) is 3.29. The highest BCUT2D eigenvalue weighted by molar-refractivity contribution is 7.15. The van der Waals surface area contributed by atoms with E-state index >= 15 is 0 Å². The van der Waals surface area contributed by atoms with E-state index < -0.39 is 6.09 Å². The van der Waals surface area contributed by atoms with Crippen molar-refractivity contribution in [2.24, 2.45) is 11.1 Å². The molecular formula is C17H17N3O3S. The Kier molecular flexibility index (Phi) is 4.67. The molecule has 7 heteroatoms. The van der Waals surface area contributed by atoms with Crippen LogP contribution in [0, 0.1) is 16.7 Å². The molecule has 2 aromatic rings. The molecule has 1 heterocycles. The standard InChI is InChI=1S/C17H17N3O3S/c18-10-17(6-1-7-17)11-23-13-4-2-12(3-5-13)15-20-8-14(24-15)9-22-16(19)21/h2-5,8H,1,6-7,9,11H2,(H2,19,21). The molecule has 0 bridgehead atoms. The van der Waals surface area contributed by atoms with Gasteiger partial charge in [0.2, 0.25) is 0 Å².